The third-order valence-electron chi connectivity index (χ3n) is 2.86. The first-order chi connectivity index (χ1) is 6.69. The molecule has 0 bridgehead atoms. The summed E-state index contributed by atoms with van der Waals surface area (Å²) < 4.78 is -0.499. The van der Waals surface area contributed by atoms with Crippen LogP contribution < -0.4 is 5.32 Å². The fraction of sp³-hybridized carbons (Fsp3) is 0.750. The minimum absolute atomic E-state index is 0.0477. The van der Waals surface area contributed by atoms with Crippen LogP contribution in [-0.4, -0.2) is 50.7 Å². The van der Waals surface area contributed by atoms with Gasteiger partial charge in [0.15, 0.2) is 5.78 Å². The van der Waals surface area contributed by atoms with E-state index < -0.39 is 16.7 Å². The Balaban J connectivity index is 2.23. The maximum Gasteiger partial charge on any atom is 0.161 e. The summed E-state index contributed by atoms with van der Waals surface area (Å²) in [6.07, 6.45) is 0. The number of carbonyl (C=O) groups is 1. The van der Waals surface area contributed by atoms with Gasteiger partial charge in [-0.1, -0.05) is 12.2 Å². The summed E-state index contributed by atoms with van der Waals surface area (Å²) in [6.45, 7) is -0.305. The summed E-state index contributed by atoms with van der Waals surface area (Å²) in [7, 11) is 0. The van der Waals surface area contributed by atoms with Crippen molar-refractivity contribution >= 4 is 35.1 Å². The predicted octanol–water partition coefficient (Wildman–Crippen LogP) is -1.06. The van der Waals surface area contributed by atoms with Gasteiger partial charge in [-0.15, -0.1) is 11.8 Å². The van der Waals surface area contributed by atoms with Gasteiger partial charge in [0.2, 0.25) is 0 Å². The van der Waals surface area contributed by atoms with E-state index in [2.05, 4.69) is 5.32 Å². The van der Waals surface area contributed by atoms with E-state index in [-0.39, 0.29) is 24.4 Å². The minimum atomic E-state index is -0.499. The number of fused-ring (bicyclic) bond motifs is 1. The van der Waals surface area contributed by atoms with Crippen LogP contribution in [-0.2, 0) is 4.79 Å². The van der Waals surface area contributed by atoms with Crippen molar-refractivity contribution in [2.75, 3.05) is 13.2 Å². The largest absolute Gasteiger partial charge is 0.396 e. The fourth-order valence-corrected chi connectivity index (χ4v) is 3.44. The minimum Gasteiger partial charge on any atom is -0.396 e. The number of nitrogens with one attached hydrogen (secondary N) is 1. The lowest BCUT2D eigenvalue weighted by Gasteiger charge is -2.30. The normalized spacial score (nSPS) is 45.9. The molecule has 14 heavy (non-hydrogen) atoms. The molecule has 0 saturated carbocycles. The third-order valence-corrected chi connectivity index (χ3v) is 4.76. The molecule has 2 aliphatic rings. The van der Waals surface area contributed by atoms with Crippen LogP contribution in [0.4, 0.5) is 0 Å². The lowest BCUT2D eigenvalue weighted by atomic mass is 9.83. The fourth-order valence-electron chi connectivity index (χ4n) is 1.91. The van der Waals surface area contributed by atoms with Crippen LogP contribution in [0.1, 0.15) is 0 Å². The molecule has 2 rings (SSSR count). The molecular weight excluding hydrogens is 222 g/mol. The van der Waals surface area contributed by atoms with Crippen molar-refractivity contribution in [1.29, 1.82) is 0 Å². The number of rotatable bonds is 3. The van der Waals surface area contributed by atoms with E-state index in [4.69, 9.17) is 17.3 Å². The zero-order valence-corrected chi connectivity index (χ0v) is 8.98. The second kappa shape index (κ2) is 3.53. The van der Waals surface area contributed by atoms with E-state index in [0.717, 1.165) is 0 Å². The van der Waals surface area contributed by atoms with Crippen molar-refractivity contribution in [2.45, 2.75) is 16.2 Å². The maximum atomic E-state index is 11.7. The van der Waals surface area contributed by atoms with Crippen LogP contribution in [0, 0.1) is 5.92 Å². The molecule has 78 valence electrons. The van der Waals surface area contributed by atoms with Gasteiger partial charge in [-0.25, -0.2) is 0 Å². The molecule has 2 heterocycles. The maximum absolute atomic E-state index is 11.7. The summed E-state index contributed by atoms with van der Waals surface area (Å²) in [5, 5.41) is 22.8. The second-order valence-corrected chi connectivity index (χ2v) is 5.27. The van der Waals surface area contributed by atoms with Gasteiger partial charge in [0.25, 0.3) is 0 Å². The van der Waals surface area contributed by atoms with E-state index in [0.29, 0.717) is 0 Å². The average molecular weight is 233 g/mol. The molecular formula is C8H11NO3S2. The number of thiocarbonyl (C=S) groups is 1. The van der Waals surface area contributed by atoms with Crippen LogP contribution >= 0.6 is 24.0 Å². The van der Waals surface area contributed by atoms with Gasteiger partial charge in [-0.05, 0) is 0 Å². The predicted molar refractivity (Wildman–Crippen MR) is 57.4 cm³/mol. The molecule has 2 saturated heterocycles. The van der Waals surface area contributed by atoms with Gasteiger partial charge < -0.3 is 10.2 Å². The van der Waals surface area contributed by atoms with E-state index in [1.54, 1.807) is 0 Å². The number of hydrogen-bond acceptors (Lipinski definition) is 6. The van der Waals surface area contributed by atoms with Crippen LogP contribution in [0.15, 0.2) is 0 Å². The summed E-state index contributed by atoms with van der Waals surface area (Å²) in [6, 6.07) is -0.457. The summed E-state index contributed by atoms with van der Waals surface area (Å²) >= 11 is 6.23. The molecule has 0 spiro atoms. The van der Waals surface area contributed by atoms with Crippen LogP contribution in [0.3, 0.4) is 0 Å². The Labute approximate surface area is 91.1 Å². The van der Waals surface area contributed by atoms with Crippen LogP contribution in [0.2, 0.25) is 0 Å². The van der Waals surface area contributed by atoms with Crippen molar-refractivity contribution < 1.29 is 15.0 Å². The second-order valence-electron chi connectivity index (χ2n) is 3.53. The Bertz CT molecular complexity index is 286. The molecule has 4 unspecified atom stereocenters. The highest BCUT2D eigenvalue weighted by atomic mass is 32.2. The van der Waals surface area contributed by atoms with Crippen molar-refractivity contribution in [3.8, 4) is 0 Å². The molecule has 4 atom stereocenters. The molecule has 0 aliphatic carbocycles. The zero-order valence-electron chi connectivity index (χ0n) is 7.34. The van der Waals surface area contributed by atoms with Crippen molar-refractivity contribution in [3.05, 3.63) is 0 Å². The Morgan fingerprint density at radius 2 is 2.36 bits per heavy atom. The lowest BCUT2D eigenvalue weighted by Crippen LogP contribution is -2.56. The Morgan fingerprint density at radius 3 is 2.86 bits per heavy atom. The average Bonchev–Trinajstić information content (AvgIpc) is 2.91. The van der Waals surface area contributed by atoms with Crippen molar-refractivity contribution in [2.24, 2.45) is 5.92 Å². The molecule has 0 aromatic carbocycles. The number of carbonyl (C=O) groups excluding carboxylic acids is 1. The van der Waals surface area contributed by atoms with E-state index >= 15 is 0 Å². The van der Waals surface area contributed by atoms with E-state index in [9.17, 15) is 9.90 Å². The Morgan fingerprint density at radius 1 is 1.64 bits per heavy atom. The van der Waals surface area contributed by atoms with Gasteiger partial charge in [-0.3, -0.25) is 10.1 Å². The quantitative estimate of drug-likeness (QED) is 0.426. The smallest absolute Gasteiger partial charge is 0.161 e. The van der Waals surface area contributed by atoms with Crippen molar-refractivity contribution in [3.63, 3.8) is 0 Å². The Hall–Kier alpha value is -0.0100. The first-order valence-electron chi connectivity index (χ1n) is 4.34. The highest BCUT2D eigenvalue weighted by Gasteiger charge is 2.66. The summed E-state index contributed by atoms with van der Waals surface area (Å²) in [4.78, 5) is 11.7. The molecule has 0 aromatic heterocycles. The van der Waals surface area contributed by atoms with Crippen LogP contribution in [0.5, 0.6) is 0 Å². The van der Waals surface area contributed by atoms with E-state index in [1.165, 1.54) is 17.1 Å². The number of piperidine rings is 1. The molecule has 3 N–H and O–H groups in total. The molecule has 2 aliphatic heterocycles. The molecule has 0 radical (unpaired) electrons. The molecule has 6 heteroatoms. The highest BCUT2D eigenvalue weighted by molar-refractivity contribution is 8.08. The monoisotopic (exact) mass is 233 g/mol. The highest BCUT2D eigenvalue weighted by Crippen LogP contribution is 2.58. The van der Waals surface area contributed by atoms with Gasteiger partial charge in [-0.2, -0.15) is 0 Å². The van der Waals surface area contributed by atoms with Gasteiger partial charge in [0, 0.05) is 5.37 Å². The summed E-state index contributed by atoms with van der Waals surface area (Å²) in [5.41, 5.74) is 0. The Kier molecular flexibility index (Phi) is 2.65. The van der Waals surface area contributed by atoms with Gasteiger partial charge in [0.1, 0.15) is 0 Å². The van der Waals surface area contributed by atoms with Gasteiger partial charge in [0.05, 0.1) is 35.3 Å². The topological polar surface area (TPSA) is 69.6 Å². The lowest BCUT2D eigenvalue weighted by molar-refractivity contribution is -0.127. The van der Waals surface area contributed by atoms with Crippen molar-refractivity contribution in [1.82, 2.24) is 5.32 Å². The van der Waals surface area contributed by atoms with Crippen LogP contribution in [0.25, 0.3) is 0 Å². The standard InChI is InChI=1S/C8H11NO3S2/c10-1-4-6(12)5(2-13)9-7-8(4,3-11)14-7/h2,4-5,7,9-11H,1,3H2. The summed E-state index contributed by atoms with van der Waals surface area (Å²) in [5.74, 6) is -0.606. The first-order valence-corrected chi connectivity index (χ1v) is 5.69. The SMILES string of the molecule is O=C1C(C=S)NC2SC2(CO)C1CO. The number of thioether (sulfide) groups is 1. The third kappa shape index (κ3) is 1.25. The molecule has 0 amide bonds. The van der Waals surface area contributed by atoms with E-state index in [1.807, 2.05) is 0 Å². The molecule has 2 fully saturated rings. The van der Waals surface area contributed by atoms with Gasteiger partial charge >= 0.3 is 0 Å². The number of ketones is 1. The number of hydrogen-bond donors (Lipinski definition) is 3. The number of aliphatic hydroxyl groups excluding tert-OH is 2. The molecule has 0 aromatic rings. The zero-order chi connectivity index (χ0) is 10.3. The molecule has 4 nitrogen and oxygen atoms in total. The first kappa shape index (κ1) is 10.5. The number of Topliss-reactive ketones (excluding diaryl/α,β-unsaturated/α-hetero) is 1. The number of aliphatic hydroxyl groups is 2.